The molecule has 0 aliphatic heterocycles. The number of anilines is 1. The van der Waals surface area contributed by atoms with Gasteiger partial charge in [0.15, 0.2) is 0 Å². The van der Waals surface area contributed by atoms with E-state index in [1.165, 1.54) is 6.07 Å². The van der Waals surface area contributed by atoms with Crippen LogP contribution in [-0.2, 0) is 9.47 Å². The fourth-order valence-corrected chi connectivity index (χ4v) is 2.45. The molecule has 1 heterocycles. The number of aromatic nitrogens is 1. The summed E-state index contributed by atoms with van der Waals surface area (Å²) < 4.78 is 10.8. The van der Waals surface area contributed by atoms with E-state index in [9.17, 15) is 4.79 Å². The summed E-state index contributed by atoms with van der Waals surface area (Å²) in [6, 6.07) is 3.12. The van der Waals surface area contributed by atoms with Gasteiger partial charge in [-0.2, -0.15) is 0 Å². The number of methoxy groups -OCH3 is 1. The van der Waals surface area contributed by atoms with Gasteiger partial charge in [-0.15, -0.1) is 0 Å². The molecule has 0 bridgehead atoms. The molecule has 0 saturated heterocycles. The summed E-state index contributed by atoms with van der Waals surface area (Å²) >= 11 is 5.86. The minimum Gasteiger partial charge on any atom is -0.456 e. The Morgan fingerprint density at radius 3 is 2.84 bits per heavy atom. The highest BCUT2D eigenvalue weighted by Gasteiger charge is 2.30. The van der Waals surface area contributed by atoms with Crippen molar-refractivity contribution in [3.05, 3.63) is 22.8 Å². The summed E-state index contributed by atoms with van der Waals surface area (Å²) in [6.45, 7) is 0. The van der Waals surface area contributed by atoms with Crippen LogP contribution in [0.4, 0.5) is 5.82 Å². The maximum Gasteiger partial charge on any atom is 0.338 e. The van der Waals surface area contributed by atoms with Crippen LogP contribution in [0.15, 0.2) is 12.1 Å². The second-order valence-corrected chi connectivity index (χ2v) is 4.85. The monoisotopic (exact) mass is 284 g/mol. The lowest BCUT2D eigenvalue weighted by Gasteiger charge is -2.18. The Labute approximate surface area is 117 Å². The first-order chi connectivity index (χ1) is 9.13. The number of hydrogen-bond donors (Lipinski definition) is 1. The van der Waals surface area contributed by atoms with Crippen LogP contribution in [0.2, 0.25) is 5.15 Å². The highest BCUT2D eigenvalue weighted by Crippen LogP contribution is 2.26. The van der Waals surface area contributed by atoms with Crippen LogP contribution in [0.1, 0.15) is 29.6 Å². The molecule has 1 saturated carbocycles. The molecule has 19 heavy (non-hydrogen) atoms. The molecular formula is C13H17ClN2O3. The minimum absolute atomic E-state index is 0.00923. The molecular weight excluding hydrogens is 268 g/mol. The molecule has 0 aromatic carbocycles. The second kappa shape index (κ2) is 6.21. The molecule has 104 valence electrons. The third-order valence-electron chi connectivity index (χ3n) is 3.24. The summed E-state index contributed by atoms with van der Waals surface area (Å²) in [5.41, 5.74) is 0.395. The molecule has 5 nitrogen and oxygen atoms in total. The zero-order chi connectivity index (χ0) is 13.8. The Bertz CT molecular complexity index is 467. The van der Waals surface area contributed by atoms with Gasteiger partial charge in [-0.25, -0.2) is 9.78 Å². The number of ether oxygens (including phenoxy) is 2. The van der Waals surface area contributed by atoms with Crippen molar-refractivity contribution >= 4 is 23.4 Å². The van der Waals surface area contributed by atoms with Crippen molar-refractivity contribution < 1.29 is 14.3 Å². The fraction of sp³-hybridized carbons (Fsp3) is 0.538. The highest BCUT2D eigenvalue weighted by atomic mass is 35.5. The van der Waals surface area contributed by atoms with E-state index >= 15 is 0 Å². The Kier molecular flexibility index (Phi) is 4.61. The SMILES string of the molecule is CNc1cc(C(=O)OC2CCCC2OC)cc(Cl)n1. The molecule has 6 heteroatoms. The molecule has 0 amide bonds. The van der Waals surface area contributed by atoms with Gasteiger partial charge in [-0.3, -0.25) is 0 Å². The average Bonchev–Trinajstić information content (AvgIpc) is 2.85. The summed E-state index contributed by atoms with van der Waals surface area (Å²) in [7, 11) is 3.35. The molecule has 1 aromatic heterocycles. The zero-order valence-electron chi connectivity index (χ0n) is 11.0. The molecule has 2 rings (SSSR count). The Hall–Kier alpha value is -1.33. The quantitative estimate of drug-likeness (QED) is 0.680. The minimum atomic E-state index is -0.394. The Balaban J connectivity index is 2.09. The molecule has 0 radical (unpaired) electrons. The van der Waals surface area contributed by atoms with Crippen molar-refractivity contribution in [3.8, 4) is 0 Å². The lowest BCUT2D eigenvalue weighted by molar-refractivity contribution is -0.0206. The predicted molar refractivity (Wildman–Crippen MR) is 72.6 cm³/mol. The standard InChI is InChI=1S/C13H17ClN2O3/c1-15-12-7-8(6-11(14)16-12)13(17)19-10-5-3-4-9(10)18-2/h6-7,9-10H,3-5H2,1-2H3,(H,15,16). The van der Waals surface area contributed by atoms with E-state index in [-0.39, 0.29) is 17.4 Å². The number of halogens is 1. The van der Waals surface area contributed by atoms with E-state index in [1.807, 2.05) is 0 Å². The molecule has 1 aromatic rings. The van der Waals surface area contributed by atoms with Crippen LogP contribution in [0.3, 0.4) is 0 Å². The largest absolute Gasteiger partial charge is 0.456 e. The van der Waals surface area contributed by atoms with Crippen molar-refractivity contribution in [1.29, 1.82) is 0 Å². The van der Waals surface area contributed by atoms with Gasteiger partial charge in [0, 0.05) is 14.2 Å². The number of esters is 1. The van der Waals surface area contributed by atoms with Gasteiger partial charge in [0.05, 0.1) is 11.7 Å². The molecule has 2 unspecified atom stereocenters. The molecule has 1 N–H and O–H groups in total. The van der Waals surface area contributed by atoms with Crippen LogP contribution in [0.25, 0.3) is 0 Å². The van der Waals surface area contributed by atoms with E-state index in [2.05, 4.69) is 10.3 Å². The average molecular weight is 285 g/mol. The topological polar surface area (TPSA) is 60.5 Å². The van der Waals surface area contributed by atoms with Gasteiger partial charge in [0.1, 0.15) is 17.1 Å². The van der Waals surface area contributed by atoms with Gasteiger partial charge < -0.3 is 14.8 Å². The first-order valence-electron chi connectivity index (χ1n) is 6.23. The van der Waals surface area contributed by atoms with Crippen LogP contribution in [-0.4, -0.2) is 37.3 Å². The molecule has 2 atom stereocenters. The highest BCUT2D eigenvalue weighted by molar-refractivity contribution is 6.29. The third-order valence-corrected chi connectivity index (χ3v) is 3.43. The van der Waals surface area contributed by atoms with E-state index in [4.69, 9.17) is 21.1 Å². The first-order valence-corrected chi connectivity index (χ1v) is 6.61. The zero-order valence-corrected chi connectivity index (χ0v) is 11.7. The van der Waals surface area contributed by atoms with Gasteiger partial charge >= 0.3 is 5.97 Å². The van der Waals surface area contributed by atoms with Gasteiger partial charge in [0.25, 0.3) is 0 Å². The first kappa shape index (κ1) is 14.1. The summed E-state index contributed by atoms with van der Waals surface area (Å²) in [6.07, 6.45) is 2.58. The smallest absolute Gasteiger partial charge is 0.338 e. The van der Waals surface area contributed by atoms with Gasteiger partial charge in [-0.05, 0) is 31.4 Å². The lowest BCUT2D eigenvalue weighted by Crippen LogP contribution is -2.27. The van der Waals surface area contributed by atoms with Crippen LogP contribution in [0.5, 0.6) is 0 Å². The van der Waals surface area contributed by atoms with Crippen LogP contribution >= 0.6 is 11.6 Å². The van der Waals surface area contributed by atoms with Crippen LogP contribution in [0, 0.1) is 0 Å². The molecule has 0 spiro atoms. The van der Waals surface area contributed by atoms with E-state index in [1.54, 1.807) is 20.2 Å². The van der Waals surface area contributed by atoms with E-state index in [0.29, 0.717) is 11.4 Å². The van der Waals surface area contributed by atoms with Crippen molar-refractivity contribution in [2.24, 2.45) is 0 Å². The molecule has 1 aliphatic rings. The third kappa shape index (κ3) is 3.36. The number of nitrogens with zero attached hydrogens (tertiary/aromatic N) is 1. The number of carbonyl (C=O) groups is 1. The maximum absolute atomic E-state index is 12.1. The van der Waals surface area contributed by atoms with Crippen molar-refractivity contribution in [1.82, 2.24) is 4.98 Å². The summed E-state index contributed by atoms with van der Waals surface area (Å²) in [4.78, 5) is 16.1. The Morgan fingerprint density at radius 1 is 1.42 bits per heavy atom. The summed E-state index contributed by atoms with van der Waals surface area (Å²) in [5.74, 6) is 0.143. The summed E-state index contributed by atoms with van der Waals surface area (Å²) in [5, 5.41) is 3.11. The number of nitrogens with one attached hydrogen (secondary N) is 1. The number of carbonyl (C=O) groups excluding carboxylic acids is 1. The predicted octanol–water partition coefficient (Wildman–Crippen LogP) is 2.50. The van der Waals surface area contributed by atoms with Crippen molar-refractivity contribution in [2.75, 3.05) is 19.5 Å². The number of rotatable bonds is 4. The maximum atomic E-state index is 12.1. The fourth-order valence-electron chi connectivity index (χ4n) is 2.24. The second-order valence-electron chi connectivity index (χ2n) is 4.46. The number of hydrogen-bond acceptors (Lipinski definition) is 5. The lowest BCUT2D eigenvalue weighted by atomic mass is 10.2. The van der Waals surface area contributed by atoms with Crippen LogP contribution < -0.4 is 5.32 Å². The van der Waals surface area contributed by atoms with Crippen molar-refractivity contribution in [2.45, 2.75) is 31.5 Å². The molecule has 1 fully saturated rings. The van der Waals surface area contributed by atoms with Gasteiger partial charge in [-0.1, -0.05) is 11.6 Å². The Morgan fingerprint density at radius 2 is 2.16 bits per heavy atom. The van der Waals surface area contributed by atoms with E-state index in [0.717, 1.165) is 19.3 Å². The van der Waals surface area contributed by atoms with Crippen molar-refractivity contribution in [3.63, 3.8) is 0 Å². The molecule has 1 aliphatic carbocycles. The normalized spacial score (nSPS) is 22.3. The number of pyridine rings is 1. The van der Waals surface area contributed by atoms with Gasteiger partial charge in [0.2, 0.25) is 0 Å². The van der Waals surface area contributed by atoms with E-state index < -0.39 is 5.97 Å².